The number of aliphatic hydroxyl groups excluding tert-OH is 1. The van der Waals surface area contributed by atoms with Gasteiger partial charge >= 0.3 is 0 Å². The van der Waals surface area contributed by atoms with Gasteiger partial charge in [0.2, 0.25) is 5.95 Å². The number of rotatable bonds is 7. The predicted octanol–water partition coefficient (Wildman–Crippen LogP) is 4.42. The maximum Gasteiger partial charge on any atom is 0.253 e. The number of hydrogen-bond acceptors (Lipinski definition) is 6. The average molecular weight is 463 g/mol. The van der Waals surface area contributed by atoms with Crippen LogP contribution < -0.4 is 5.32 Å². The number of amides is 1. The highest BCUT2D eigenvalue weighted by Gasteiger charge is 2.26. The maximum atomic E-state index is 12.7. The molecule has 0 spiro atoms. The van der Waals surface area contributed by atoms with Gasteiger partial charge in [0.15, 0.2) is 5.65 Å². The first kappa shape index (κ1) is 22.8. The van der Waals surface area contributed by atoms with Crippen LogP contribution in [-0.2, 0) is 0 Å². The first-order chi connectivity index (χ1) is 16.6. The summed E-state index contributed by atoms with van der Waals surface area (Å²) in [6.45, 7) is 4.69. The number of benzene rings is 1. The molecule has 1 aliphatic carbocycles. The molecule has 8 nitrogen and oxygen atoms in total. The molecular weight excluding hydrogens is 428 g/mol. The van der Waals surface area contributed by atoms with Crippen molar-refractivity contribution in [2.45, 2.75) is 70.4 Å². The first-order valence-corrected chi connectivity index (χ1v) is 12.7. The number of fused-ring (bicyclic) bond motifs is 1. The Morgan fingerprint density at radius 3 is 2.56 bits per heavy atom. The van der Waals surface area contributed by atoms with Crippen molar-refractivity contribution < 1.29 is 9.90 Å². The number of likely N-dealkylation sites (tertiary alicyclic amines) is 1. The van der Waals surface area contributed by atoms with Gasteiger partial charge in [-0.15, -0.1) is 0 Å². The third kappa shape index (κ3) is 4.64. The lowest BCUT2D eigenvalue weighted by Gasteiger charge is -2.25. The molecule has 1 aliphatic heterocycles. The van der Waals surface area contributed by atoms with Crippen LogP contribution in [0.2, 0.25) is 0 Å². The van der Waals surface area contributed by atoms with Gasteiger partial charge in [0.05, 0.1) is 17.5 Å². The maximum absolute atomic E-state index is 12.7. The van der Waals surface area contributed by atoms with Gasteiger partial charge in [0.25, 0.3) is 5.91 Å². The predicted molar refractivity (Wildman–Crippen MR) is 133 cm³/mol. The summed E-state index contributed by atoms with van der Waals surface area (Å²) < 4.78 is 2.03. The Balaban J connectivity index is 1.48. The normalized spacial score (nSPS) is 20.7. The summed E-state index contributed by atoms with van der Waals surface area (Å²) in [4.78, 5) is 24.1. The number of aliphatic hydroxyl groups is 1. The lowest BCUT2D eigenvalue weighted by atomic mass is 9.93. The van der Waals surface area contributed by atoms with Crippen LogP contribution in [-0.4, -0.2) is 61.4 Å². The molecule has 5 rings (SSSR count). The number of aromatic nitrogens is 4. The number of hydrogen-bond donors (Lipinski definition) is 2. The van der Waals surface area contributed by atoms with Crippen molar-refractivity contribution in [2.75, 3.05) is 25.0 Å². The summed E-state index contributed by atoms with van der Waals surface area (Å²) in [7, 11) is 0. The number of anilines is 1. The van der Waals surface area contributed by atoms with E-state index in [0.717, 1.165) is 93.3 Å². The fourth-order valence-electron chi connectivity index (χ4n) is 5.03. The lowest BCUT2D eigenvalue weighted by molar-refractivity contribution is 0.0793. The molecule has 0 unspecified atom stereocenters. The molecule has 3 aromatic rings. The van der Waals surface area contributed by atoms with Crippen LogP contribution in [0.5, 0.6) is 0 Å². The number of nitrogens with one attached hydrogen (secondary N) is 1. The third-order valence-electron chi connectivity index (χ3n) is 7.07. The van der Waals surface area contributed by atoms with Crippen LogP contribution in [0, 0.1) is 0 Å². The molecule has 0 atom stereocenters. The van der Waals surface area contributed by atoms with Crippen molar-refractivity contribution in [3.8, 4) is 11.3 Å². The van der Waals surface area contributed by atoms with E-state index in [0.29, 0.717) is 11.5 Å². The highest BCUT2D eigenvalue weighted by molar-refractivity contribution is 5.96. The van der Waals surface area contributed by atoms with E-state index in [1.54, 1.807) is 0 Å². The lowest BCUT2D eigenvalue weighted by Crippen LogP contribution is -2.27. The van der Waals surface area contributed by atoms with Crippen molar-refractivity contribution in [1.82, 2.24) is 24.6 Å². The van der Waals surface area contributed by atoms with E-state index in [9.17, 15) is 9.90 Å². The summed E-state index contributed by atoms with van der Waals surface area (Å²) in [5.41, 5.74) is 3.33. The number of carbonyl (C=O) groups excluding carboxylic acids is 1. The summed E-state index contributed by atoms with van der Waals surface area (Å²) >= 11 is 0. The minimum absolute atomic E-state index is 0.103. The van der Waals surface area contributed by atoms with Crippen LogP contribution in [0.3, 0.4) is 0 Å². The quantitative estimate of drug-likeness (QED) is 0.505. The second-order valence-corrected chi connectivity index (χ2v) is 9.54. The second kappa shape index (κ2) is 10.1. The van der Waals surface area contributed by atoms with Crippen molar-refractivity contribution in [3.63, 3.8) is 0 Å². The van der Waals surface area contributed by atoms with Gasteiger partial charge in [-0.05, 0) is 57.1 Å². The number of carbonyl (C=O) groups is 1. The van der Waals surface area contributed by atoms with Crippen molar-refractivity contribution >= 4 is 22.9 Å². The smallest absolute Gasteiger partial charge is 0.253 e. The SMILES string of the molecule is CCCCNc1ncc2c(-c3ccc(C(=O)N4CCCC4)cc3)nn([C@H]3CC[C@@H](O)CC3)c2n1. The van der Waals surface area contributed by atoms with E-state index < -0.39 is 0 Å². The topological polar surface area (TPSA) is 96.2 Å². The first-order valence-electron chi connectivity index (χ1n) is 12.7. The Morgan fingerprint density at radius 1 is 1.12 bits per heavy atom. The minimum Gasteiger partial charge on any atom is -0.393 e. The van der Waals surface area contributed by atoms with Crippen LogP contribution in [0.4, 0.5) is 5.95 Å². The molecule has 8 heteroatoms. The van der Waals surface area contributed by atoms with Crippen LogP contribution in [0.15, 0.2) is 30.5 Å². The monoisotopic (exact) mass is 462 g/mol. The van der Waals surface area contributed by atoms with E-state index in [1.807, 2.05) is 40.0 Å². The van der Waals surface area contributed by atoms with Crippen LogP contribution in [0.1, 0.15) is 74.7 Å². The zero-order valence-corrected chi connectivity index (χ0v) is 19.9. The van der Waals surface area contributed by atoms with E-state index >= 15 is 0 Å². The summed E-state index contributed by atoms with van der Waals surface area (Å²) in [6, 6.07) is 7.97. The van der Waals surface area contributed by atoms with E-state index in [-0.39, 0.29) is 18.1 Å². The standard InChI is InChI=1S/C26H34N6O2/c1-2-3-14-27-26-28-17-22-23(30-32(24(22)29-26)20-10-12-21(33)13-11-20)18-6-8-19(9-7-18)25(34)31-15-4-5-16-31/h6-9,17,20-21,33H,2-5,10-16H2,1H3,(H,27,28,29)/t20-,21+. The van der Waals surface area contributed by atoms with Gasteiger partial charge in [-0.1, -0.05) is 25.5 Å². The summed E-state index contributed by atoms with van der Waals surface area (Å²) in [5, 5.41) is 19.2. The minimum atomic E-state index is -0.223. The molecule has 2 aliphatic rings. The van der Waals surface area contributed by atoms with Gasteiger partial charge in [0, 0.05) is 37.0 Å². The molecular formula is C26H34N6O2. The molecule has 3 heterocycles. The molecule has 1 saturated heterocycles. The summed E-state index contributed by atoms with van der Waals surface area (Å²) in [5.74, 6) is 0.724. The molecule has 180 valence electrons. The van der Waals surface area contributed by atoms with Crippen LogP contribution >= 0.6 is 0 Å². The fourth-order valence-corrected chi connectivity index (χ4v) is 5.03. The fraction of sp³-hybridized carbons (Fsp3) is 0.538. The molecule has 2 fully saturated rings. The molecule has 1 saturated carbocycles. The molecule has 2 aromatic heterocycles. The molecule has 1 aromatic carbocycles. The van der Waals surface area contributed by atoms with Crippen molar-refractivity contribution in [3.05, 3.63) is 36.0 Å². The largest absolute Gasteiger partial charge is 0.393 e. The zero-order chi connectivity index (χ0) is 23.5. The molecule has 0 bridgehead atoms. The third-order valence-corrected chi connectivity index (χ3v) is 7.07. The van der Waals surface area contributed by atoms with Gasteiger partial charge in [0.1, 0.15) is 5.69 Å². The zero-order valence-electron chi connectivity index (χ0n) is 19.9. The average Bonchev–Trinajstić information content (AvgIpc) is 3.53. The Labute approximate surface area is 200 Å². The van der Waals surface area contributed by atoms with Crippen molar-refractivity contribution in [1.29, 1.82) is 0 Å². The van der Waals surface area contributed by atoms with E-state index in [4.69, 9.17) is 10.1 Å². The van der Waals surface area contributed by atoms with Gasteiger partial charge in [-0.25, -0.2) is 9.67 Å². The number of nitrogens with zero attached hydrogens (tertiary/aromatic N) is 5. The Hall–Kier alpha value is -3.00. The molecule has 2 N–H and O–H groups in total. The van der Waals surface area contributed by atoms with Crippen molar-refractivity contribution in [2.24, 2.45) is 0 Å². The highest BCUT2D eigenvalue weighted by atomic mass is 16.3. The van der Waals surface area contributed by atoms with Crippen LogP contribution in [0.25, 0.3) is 22.3 Å². The molecule has 34 heavy (non-hydrogen) atoms. The number of unbranched alkanes of at least 4 members (excludes halogenated alkanes) is 1. The van der Waals surface area contributed by atoms with Gasteiger partial charge in [-0.3, -0.25) is 4.79 Å². The Morgan fingerprint density at radius 2 is 1.85 bits per heavy atom. The van der Waals surface area contributed by atoms with E-state index in [2.05, 4.69) is 17.2 Å². The summed E-state index contributed by atoms with van der Waals surface area (Å²) in [6.07, 6.45) is 9.29. The van der Waals surface area contributed by atoms with Gasteiger partial charge in [-0.2, -0.15) is 10.1 Å². The highest BCUT2D eigenvalue weighted by Crippen LogP contribution is 2.34. The van der Waals surface area contributed by atoms with E-state index in [1.165, 1.54) is 0 Å². The molecule has 1 amide bonds. The molecule has 0 radical (unpaired) electrons. The Kier molecular flexibility index (Phi) is 6.76. The van der Waals surface area contributed by atoms with Gasteiger partial charge < -0.3 is 15.3 Å². The second-order valence-electron chi connectivity index (χ2n) is 9.54. The Bertz CT molecular complexity index is 1130.